The van der Waals surface area contributed by atoms with Crippen molar-refractivity contribution in [3.8, 4) is 5.75 Å². The molecule has 1 aliphatic heterocycles. The molecule has 0 spiro atoms. The van der Waals surface area contributed by atoms with Crippen LogP contribution in [0.15, 0.2) is 68.0 Å². The van der Waals surface area contributed by atoms with Crippen molar-refractivity contribution in [2.75, 3.05) is 6.61 Å². The summed E-state index contributed by atoms with van der Waals surface area (Å²) in [5, 5.41) is 0.566. The van der Waals surface area contributed by atoms with Crippen molar-refractivity contribution < 1.29 is 14.3 Å². The summed E-state index contributed by atoms with van der Waals surface area (Å²) in [5.74, 6) is 0.270. The molecular formula is C28H28BrClN2O4S. The standard InChI is InChI=1S/C28H28BrClN2O4S/c1-5-6-13-35-22-12-7-18(14-21(22)29)15-23-26(33)32-25(19-8-10-20(30)11-9-19)24(27(34)36-16(2)3)17(4)31-28(32)37-23/h7-12,14-16,25H,5-6,13H2,1-4H3. The highest BCUT2D eigenvalue weighted by molar-refractivity contribution is 9.10. The molecule has 0 fully saturated rings. The molecule has 0 saturated carbocycles. The molecule has 3 aromatic rings. The first kappa shape index (κ1) is 27.4. The number of hydrogen-bond donors (Lipinski definition) is 0. The van der Waals surface area contributed by atoms with Crippen LogP contribution in [0.4, 0.5) is 0 Å². The molecule has 0 aliphatic carbocycles. The van der Waals surface area contributed by atoms with Gasteiger partial charge in [0.05, 0.1) is 39.0 Å². The number of hydrogen-bond acceptors (Lipinski definition) is 6. The summed E-state index contributed by atoms with van der Waals surface area (Å²) < 4.78 is 14.3. The fourth-order valence-electron chi connectivity index (χ4n) is 4.02. The molecule has 1 aromatic heterocycles. The minimum Gasteiger partial charge on any atom is -0.492 e. The molecule has 0 amide bonds. The zero-order valence-corrected chi connectivity index (χ0v) is 24.2. The Morgan fingerprint density at radius 2 is 1.97 bits per heavy atom. The topological polar surface area (TPSA) is 69.9 Å². The molecule has 0 saturated heterocycles. The summed E-state index contributed by atoms with van der Waals surface area (Å²) in [5.41, 5.74) is 2.23. The van der Waals surface area contributed by atoms with Crippen molar-refractivity contribution in [1.82, 2.24) is 4.57 Å². The predicted molar refractivity (Wildman–Crippen MR) is 151 cm³/mol. The zero-order valence-electron chi connectivity index (χ0n) is 21.1. The Balaban J connectivity index is 1.81. The number of aromatic nitrogens is 1. The molecule has 1 unspecified atom stereocenters. The summed E-state index contributed by atoms with van der Waals surface area (Å²) in [6, 6.07) is 12.2. The largest absolute Gasteiger partial charge is 0.492 e. The second kappa shape index (κ2) is 11.8. The maximum Gasteiger partial charge on any atom is 0.338 e. The number of ether oxygens (including phenoxy) is 2. The minimum absolute atomic E-state index is 0.231. The summed E-state index contributed by atoms with van der Waals surface area (Å²) in [4.78, 5) is 32.0. The first-order valence-electron chi connectivity index (χ1n) is 12.1. The van der Waals surface area contributed by atoms with Crippen molar-refractivity contribution in [3.63, 3.8) is 0 Å². The van der Waals surface area contributed by atoms with E-state index in [9.17, 15) is 9.59 Å². The van der Waals surface area contributed by atoms with Crippen LogP contribution in [0.3, 0.4) is 0 Å². The van der Waals surface area contributed by atoms with Crippen molar-refractivity contribution >= 4 is 50.9 Å². The van der Waals surface area contributed by atoms with E-state index < -0.39 is 12.0 Å². The SMILES string of the molecule is CCCCOc1ccc(C=c2sc3n(c2=O)C(c2ccc(Cl)cc2)C(C(=O)OC(C)C)=C(C)N=3)cc1Br. The van der Waals surface area contributed by atoms with Crippen LogP contribution in [0.1, 0.15) is 57.7 Å². The fraction of sp³-hybridized carbons (Fsp3) is 0.321. The number of rotatable bonds is 8. The van der Waals surface area contributed by atoms with Crippen LogP contribution in [-0.2, 0) is 9.53 Å². The van der Waals surface area contributed by atoms with Gasteiger partial charge in [-0.05, 0) is 84.6 Å². The average molecular weight is 604 g/mol. The molecule has 4 rings (SSSR count). The van der Waals surface area contributed by atoms with E-state index in [1.807, 2.05) is 36.4 Å². The first-order valence-corrected chi connectivity index (χ1v) is 14.1. The number of allylic oxidation sites excluding steroid dienone is 1. The van der Waals surface area contributed by atoms with Crippen LogP contribution in [0.2, 0.25) is 5.02 Å². The molecule has 9 heteroatoms. The molecule has 1 atom stereocenters. The smallest absolute Gasteiger partial charge is 0.338 e. The number of halogens is 2. The van der Waals surface area contributed by atoms with Gasteiger partial charge in [-0.2, -0.15) is 0 Å². The Morgan fingerprint density at radius 3 is 2.62 bits per heavy atom. The Bertz CT molecular complexity index is 1520. The van der Waals surface area contributed by atoms with Gasteiger partial charge in [-0.3, -0.25) is 9.36 Å². The second-order valence-electron chi connectivity index (χ2n) is 8.98. The van der Waals surface area contributed by atoms with Crippen LogP contribution >= 0.6 is 38.9 Å². The fourth-order valence-corrected chi connectivity index (χ4v) is 5.71. The average Bonchev–Trinajstić information content (AvgIpc) is 3.14. The maximum atomic E-state index is 13.7. The highest BCUT2D eigenvalue weighted by Gasteiger charge is 2.33. The highest BCUT2D eigenvalue weighted by Crippen LogP contribution is 2.32. The predicted octanol–water partition coefficient (Wildman–Crippen LogP) is 5.78. The van der Waals surface area contributed by atoms with E-state index in [0.29, 0.717) is 32.2 Å². The highest BCUT2D eigenvalue weighted by atomic mass is 79.9. The van der Waals surface area contributed by atoms with E-state index >= 15 is 0 Å². The zero-order chi connectivity index (χ0) is 26.7. The van der Waals surface area contributed by atoms with E-state index in [0.717, 1.165) is 34.2 Å². The van der Waals surface area contributed by atoms with Crippen molar-refractivity contribution in [2.24, 2.45) is 4.99 Å². The number of thiazole rings is 1. The van der Waals surface area contributed by atoms with Gasteiger partial charge in [-0.1, -0.05) is 54.5 Å². The third-order valence-electron chi connectivity index (χ3n) is 5.78. The van der Waals surface area contributed by atoms with Crippen LogP contribution in [0.5, 0.6) is 5.75 Å². The molecule has 0 bridgehead atoms. The molecule has 2 aromatic carbocycles. The molecule has 6 nitrogen and oxygen atoms in total. The Morgan fingerprint density at radius 1 is 1.24 bits per heavy atom. The van der Waals surface area contributed by atoms with E-state index in [-0.39, 0.29) is 11.7 Å². The number of carbonyl (C=O) groups excluding carboxylic acids is 1. The van der Waals surface area contributed by atoms with Gasteiger partial charge in [0.1, 0.15) is 5.75 Å². The monoisotopic (exact) mass is 602 g/mol. The third kappa shape index (κ3) is 6.08. The Hall–Kier alpha value is -2.68. The summed E-state index contributed by atoms with van der Waals surface area (Å²) in [6.07, 6.45) is 3.56. The lowest BCUT2D eigenvalue weighted by Crippen LogP contribution is -2.40. The van der Waals surface area contributed by atoms with Crippen molar-refractivity contribution in [2.45, 2.75) is 52.7 Å². The number of fused-ring (bicyclic) bond motifs is 1. The van der Waals surface area contributed by atoms with Gasteiger partial charge in [0.15, 0.2) is 4.80 Å². The van der Waals surface area contributed by atoms with Gasteiger partial charge in [-0.15, -0.1) is 0 Å². The third-order valence-corrected chi connectivity index (χ3v) is 7.63. The van der Waals surface area contributed by atoms with Gasteiger partial charge in [0.2, 0.25) is 0 Å². The van der Waals surface area contributed by atoms with E-state index in [1.54, 1.807) is 37.5 Å². The lowest BCUT2D eigenvalue weighted by atomic mass is 9.96. The molecule has 0 radical (unpaired) electrons. The Kier molecular flexibility index (Phi) is 8.72. The van der Waals surface area contributed by atoms with Gasteiger partial charge in [0.25, 0.3) is 5.56 Å². The van der Waals surface area contributed by atoms with Crippen LogP contribution in [-0.4, -0.2) is 23.2 Å². The summed E-state index contributed by atoms with van der Waals surface area (Å²) >= 11 is 11.0. The van der Waals surface area contributed by atoms with E-state index in [1.165, 1.54) is 11.3 Å². The Labute approximate surface area is 233 Å². The molecular weight excluding hydrogens is 576 g/mol. The van der Waals surface area contributed by atoms with Crippen LogP contribution < -0.4 is 19.6 Å². The maximum absolute atomic E-state index is 13.7. The van der Waals surface area contributed by atoms with Gasteiger partial charge in [0, 0.05) is 5.02 Å². The van der Waals surface area contributed by atoms with Gasteiger partial charge in [-0.25, -0.2) is 9.79 Å². The van der Waals surface area contributed by atoms with Gasteiger partial charge < -0.3 is 9.47 Å². The number of nitrogens with zero attached hydrogens (tertiary/aromatic N) is 2. The molecule has 194 valence electrons. The van der Waals surface area contributed by atoms with Crippen molar-refractivity contribution in [3.05, 3.63) is 94.0 Å². The lowest BCUT2D eigenvalue weighted by molar-refractivity contribution is -0.143. The van der Waals surface area contributed by atoms with E-state index in [4.69, 9.17) is 21.1 Å². The molecule has 2 heterocycles. The minimum atomic E-state index is -0.678. The number of unbranched alkanes of at least 4 members (excludes halogenated alkanes) is 1. The molecule has 1 aliphatic rings. The van der Waals surface area contributed by atoms with E-state index in [2.05, 4.69) is 27.8 Å². The first-order chi connectivity index (χ1) is 17.7. The van der Waals surface area contributed by atoms with Crippen LogP contribution in [0.25, 0.3) is 6.08 Å². The lowest BCUT2D eigenvalue weighted by Gasteiger charge is -2.25. The van der Waals surface area contributed by atoms with Crippen molar-refractivity contribution in [1.29, 1.82) is 0 Å². The molecule has 0 N–H and O–H groups in total. The normalized spacial score (nSPS) is 15.5. The van der Waals surface area contributed by atoms with Gasteiger partial charge >= 0.3 is 5.97 Å². The quantitative estimate of drug-likeness (QED) is 0.242. The van der Waals surface area contributed by atoms with Crippen LogP contribution in [0, 0.1) is 0 Å². The molecule has 37 heavy (non-hydrogen) atoms. The number of benzene rings is 2. The number of esters is 1. The summed E-state index contributed by atoms with van der Waals surface area (Å²) in [6.45, 7) is 8.12. The summed E-state index contributed by atoms with van der Waals surface area (Å²) in [7, 11) is 0. The second-order valence-corrected chi connectivity index (χ2v) is 11.3. The number of carbonyl (C=O) groups is 1.